The predicted octanol–water partition coefficient (Wildman–Crippen LogP) is 16.6. The van der Waals surface area contributed by atoms with Crippen LogP contribution in [0.4, 0.5) is 68.2 Å². The van der Waals surface area contributed by atoms with E-state index in [-0.39, 0.29) is 111 Å². The van der Waals surface area contributed by atoms with Gasteiger partial charge in [0.1, 0.15) is 26.9 Å². The number of benzene rings is 12. The molecule has 129 heavy (non-hydrogen) atoms. The number of aryl methyl sites for hydroxylation is 1. The largest absolute Gasteiger partial charge is 0.398 e. The van der Waals surface area contributed by atoms with Crippen molar-refractivity contribution in [1.82, 2.24) is 0 Å². The monoisotopic (exact) mass is 1900 g/mol. The predicted molar refractivity (Wildman–Crippen MR) is 509 cm³/mol. The number of carbonyl (C=O) groups excluding carboxylic acids is 5. The first-order valence-corrected chi connectivity index (χ1v) is 47.8. The first-order chi connectivity index (χ1) is 61.7. The highest BCUT2D eigenvalue weighted by atomic mass is 35.5. The number of rotatable bonds is 17. The van der Waals surface area contributed by atoms with Crippen LogP contribution >= 0.6 is 46.4 Å². The minimum Gasteiger partial charge on any atom is -0.398 e. The van der Waals surface area contributed by atoms with Crippen LogP contribution < -0.4 is 54.4 Å². The second kappa shape index (κ2) is 40.5. The maximum Gasteiger partial charge on any atom is 0.257 e. The Morgan fingerprint density at radius 1 is 0.388 bits per heavy atom. The quantitative estimate of drug-likeness (QED) is 0.0461. The van der Waals surface area contributed by atoms with Gasteiger partial charge in [0.2, 0.25) is 40.1 Å². The number of nitrogens with zero attached hydrogens (tertiary/aromatic N) is 6. The molecule has 4 fully saturated rings. The fraction of sp³-hybridized carbons (Fsp3) is 0.174. The molecule has 12 aromatic rings. The number of nitrogen functional groups attached to an aromatic ring is 1. The Balaban J connectivity index is 0.000000139. The lowest BCUT2D eigenvalue weighted by molar-refractivity contribution is 0.101. The van der Waals surface area contributed by atoms with Crippen molar-refractivity contribution in [3.05, 3.63) is 319 Å². The highest BCUT2D eigenvalue weighted by molar-refractivity contribution is 7.93. The Bertz CT molecular complexity index is 6810. The van der Waals surface area contributed by atoms with E-state index in [0.29, 0.717) is 101 Å². The third-order valence-corrected chi connectivity index (χ3v) is 28.8. The molecule has 12 aromatic carbocycles. The highest BCUT2D eigenvalue weighted by Crippen LogP contribution is 2.37. The van der Waals surface area contributed by atoms with Crippen molar-refractivity contribution < 1.29 is 76.6 Å². The van der Waals surface area contributed by atoms with E-state index >= 15 is 0 Å². The molecular formula is C92H84Cl4N12O17S4. The second-order valence-corrected chi connectivity index (χ2v) is 39.6. The van der Waals surface area contributed by atoms with E-state index < -0.39 is 46.0 Å². The molecule has 4 saturated heterocycles. The van der Waals surface area contributed by atoms with E-state index in [9.17, 15) is 57.6 Å². The van der Waals surface area contributed by atoms with Crippen LogP contribution in [0.5, 0.6) is 0 Å². The van der Waals surface area contributed by atoms with Crippen molar-refractivity contribution in [3.8, 4) is 11.1 Å². The molecule has 29 nitrogen and oxygen atoms in total. The van der Waals surface area contributed by atoms with Gasteiger partial charge in [0.15, 0.2) is 0 Å². The maximum atomic E-state index is 12.9. The topological polar surface area (TPSA) is 374 Å². The molecule has 5 aliphatic heterocycles. The normalized spacial score (nSPS) is 15.7. The number of nitrogens with one attached hydrogen (secondary N) is 5. The van der Waals surface area contributed by atoms with E-state index in [1.807, 2.05) is 123 Å². The summed E-state index contributed by atoms with van der Waals surface area (Å²) >= 11 is 25.1. The van der Waals surface area contributed by atoms with Crippen LogP contribution in [0.3, 0.4) is 0 Å². The van der Waals surface area contributed by atoms with E-state index in [1.165, 1.54) is 31.1 Å². The Labute approximate surface area is 765 Å². The standard InChI is InChI=1S/C24H21Cl2N3O5S.C24H20ClN3O4S.C24H24ClN3O4S.C20H19N3O4S/c1-15-5-6-18(12-22(15)28-23(30)16-3-2-4-17(25)11-16)27-24(31)20-8-7-19(13-21(20)26)29-14-34-9-10-35(29,32)33;25-21-10-7-18(14-20(21)23-13-17-3-1-2-4-22(17)27-23)26-24(29)16-5-8-19(9-6-16)28-15-32-11-12-33(28,30)31;1-27(2)20-8-3-17(4-9-20)22-15-19(7-12-23(22)25)26-24(29)18-5-10-21(11-6-18)28-16-32-13-14-33(28,30)31;21-18-5-1-4-17-16(18)3-2-6-19(17)22-20(24)14-7-9-15(10-8-14)23-13-27-11-12-28(23,25)26/h2-8,11-13H,9-10,14H2,1H3,(H,27,31)(H,28,30);1-10,14H,11-13,15H2,(H,26,29);3-12,15H,13-14,16H2,1-2H3,(H,26,29);1-10H,11-13,21H2,(H,22,24). The second-order valence-electron chi connectivity index (χ2n) is 29.9. The molecule has 0 aliphatic carbocycles. The Kier molecular flexibility index (Phi) is 29.1. The molecular weight excluding hydrogens is 1820 g/mol. The molecule has 5 heterocycles. The fourth-order valence-corrected chi connectivity index (χ4v) is 19.7. The van der Waals surface area contributed by atoms with E-state index in [2.05, 4.69) is 31.6 Å². The third-order valence-electron chi connectivity index (χ3n) is 21.0. The van der Waals surface area contributed by atoms with Gasteiger partial charge in [-0.15, -0.1) is 0 Å². The van der Waals surface area contributed by atoms with Crippen molar-refractivity contribution >= 4 is 201 Å². The summed E-state index contributed by atoms with van der Waals surface area (Å²) in [7, 11) is -9.77. The highest BCUT2D eigenvalue weighted by Gasteiger charge is 2.32. The molecule has 0 aromatic heterocycles. The Hall–Kier alpha value is -12.5. The zero-order valence-electron chi connectivity index (χ0n) is 69.3. The summed E-state index contributed by atoms with van der Waals surface area (Å²) in [6, 6.07) is 72.7. The molecule has 7 N–H and O–H groups in total. The summed E-state index contributed by atoms with van der Waals surface area (Å²) < 4.78 is 123. The van der Waals surface area contributed by atoms with Crippen molar-refractivity contribution in [2.75, 3.05) is 145 Å². The van der Waals surface area contributed by atoms with Gasteiger partial charge in [-0.2, -0.15) is 0 Å². The van der Waals surface area contributed by atoms with Gasteiger partial charge in [0.05, 0.1) is 94.2 Å². The number of para-hydroxylation sites is 1. The SMILES string of the molecule is CN(C)c1ccc(-c2cc(NC(=O)c3ccc(N4COCCS4(=O)=O)cc3)ccc2Cl)cc1.Cc1ccc(NC(=O)c2ccc(N3COCCS3(=O)=O)cc2Cl)cc1NC(=O)c1cccc(Cl)c1.Nc1cccc2c(NC(=O)c3ccc(N4COCCS4(=O)=O)cc3)cccc12.O=C(Nc1ccc(Cl)c(C2=Nc3ccccc3C2)c1)c1ccc(N2COCCS2(=O)=O)cc1. The molecule has 17 rings (SSSR count). The molecule has 5 amide bonds. The summed E-state index contributed by atoms with van der Waals surface area (Å²) in [6.45, 7) is 2.31. The number of fused-ring (bicyclic) bond motifs is 2. The summed E-state index contributed by atoms with van der Waals surface area (Å²) in [6.07, 6.45) is 0.678. The van der Waals surface area contributed by atoms with Crippen molar-refractivity contribution in [2.45, 2.75) is 13.3 Å². The molecule has 0 radical (unpaired) electrons. The number of nitrogens with two attached hydrogens (primary N) is 1. The average Bonchev–Trinajstić information content (AvgIpc) is 1.66. The zero-order valence-corrected chi connectivity index (χ0v) is 75.6. The van der Waals surface area contributed by atoms with Gasteiger partial charge >= 0.3 is 0 Å². The fourth-order valence-electron chi connectivity index (χ4n) is 13.9. The van der Waals surface area contributed by atoms with Crippen LogP contribution in [0.2, 0.25) is 20.1 Å². The number of ether oxygens (including phenoxy) is 4. The van der Waals surface area contributed by atoms with Gasteiger partial charge in [-0.05, 0) is 212 Å². The van der Waals surface area contributed by atoms with Gasteiger partial charge in [-0.1, -0.05) is 113 Å². The first-order valence-electron chi connectivity index (χ1n) is 39.9. The van der Waals surface area contributed by atoms with E-state index in [0.717, 1.165) is 60.0 Å². The summed E-state index contributed by atoms with van der Waals surface area (Å²) in [5.41, 5.74) is 20.3. The number of halogens is 4. The minimum absolute atomic E-state index is 0.0225. The number of sulfonamides is 4. The van der Waals surface area contributed by atoms with Crippen LogP contribution in [0, 0.1) is 6.92 Å². The van der Waals surface area contributed by atoms with Crippen molar-refractivity contribution in [3.63, 3.8) is 0 Å². The zero-order chi connectivity index (χ0) is 91.5. The minimum atomic E-state index is -3.51. The van der Waals surface area contributed by atoms with Crippen LogP contribution in [-0.4, -0.2) is 159 Å². The lowest BCUT2D eigenvalue weighted by Crippen LogP contribution is -2.41. The lowest BCUT2D eigenvalue weighted by atomic mass is 10.0. The van der Waals surface area contributed by atoms with Gasteiger partial charge < -0.3 is 56.2 Å². The molecule has 37 heteroatoms. The Morgan fingerprint density at radius 3 is 1.33 bits per heavy atom. The average molecular weight is 1900 g/mol. The Morgan fingerprint density at radius 2 is 0.822 bits per heavy atom. The number of amides is 5. The molecule has 0 spiro atoms. The maximum absolute atomic E-state index is 12.9. The summed E-state index contributed by atoms with van der Waals surface area (Å²) in [5.74, 6) is -2.06. The first kappa shape index (κ1) is 92.7. The van der Waals surface area contributed by atoms with Gasteiger partial charge in [-0.3, -0.25) is 29.0 Å². The van der Waals surface area contributed by atoms with E-state index in [1.54, 1.807) is 140 Å². The molecule has 5 aliphatic rings. The molecule has 666 valence electrons. The number of hydrogen-bond acceptors (Lipinski definition) is 20. The van der Waals surface area contributed by atoms with Gasteiger partial charge in [-0.25, -0.2) is 50.9 Å². The molecule has 0 saturated carbocycles. The van der Waals surface area contributed by atoms with Crippen molar-refractivity contribution in [1.29, 1.82) is 0 Å². The van der Waals surface area contributed by atoms with Crippen LogP contribution in [-0.2, 0) is 65.5 Å². The van der Waals surface area contributed by atoms with Gasteiger partial charge in [0, 0.05) is 120 Å². The number of anilines is 11. The molecule has 0 atom stereocenters. The smallest absolute Gasteiger partial charge is 0.257 e. The van der Waals surface area contributed by atoms with E-state index in [4.69, 9.17) is 71.1 Å². The number of carbonyl (C=O) groups is 5. The summed E-state index contributed by atoms with van der Waals surface area (Å²) in [4.78, 5) is 70.4. The van der Waals surface area contributed by atoms with Crippen LogP contribution in [0.25, 0.3) is 21.9 Å². The molecule has 0 bridgehead atoms. The lowest BCUT2D eigenvalue weighted by Gasteiger charge is -2.28. The number of aliphatic imine (C=N–C) groups is 1. The number of hydrogen-bond donors (Lipinski definition) is 6. The van der Waals surface area contributed by atoms with Gasteiger partial charge in [0.25, 0.3) is 29.5 Å². The summed E-state index contributed by atoms with van der Waals surface area (Å²) in [5, 5.41) is 17.6. The van der Waals surface area contributed by atoms with Crippen LogP contribution in [0.15, 0.2) is 260 Å². The third kappa shape index (κ3) is 22.6. The van der Waals surface area contributed by atoms with Crippen LogP contribution in [0.1, 0.15) is 68.5 Å². The van der Waals surface area contributed by atoms with Crippen molar-refractivity contribution in [2.24, 2.45) is 4.99 Å². The molecule has 0 unspecified atom stereocenters.